The summed E-state index contributed by atoms with van der Waals surface area (Å²) in [6.07, 6.45) is 4.43. The summed E-state index contributed by atoms with van der Waals surface area (Å²) < 4.78 is 16.4. The van der Waals surface area contributed by atoms with E-state index in [1.807, 2.05) is 11.6 Å². The summed E-state index contributed by atoms with van der Waals surface area (Å²) in [4.78, 5) is 21.2. The van der Waals surface area contributed by atoms with Crippen molar-refractivity contribution in [2.45, 2.75) is 25.2 Å². The van der Waals surface area contributed by atoms with Gasteiger partial charge in [-0.2, -0.15) is 0 Å². The Bertz CT molecular complexity index is 901. The van der Waals surface area contributed by atoms with E-state index in [-0.39, 0.29) is 17.6 Å². The number of anilines is 1. The quantitative estimate of drug-likeness (QED) is 0.785. The van der Waals surface area contributed by atoms with Gasteiger partial charge in [-0.1, -0.05) is 17.4 Å². The molecule has 1 unspecified atom stereocenters. The Kier molecular flexibility index (Phi) is 3.37. The fourth-order valence-corrected chi connectivity index (χ4v) is 3.98. The predicted octanol–water partition coefficient (Wildman–Crippen LogP) is 3.23. The molecule has 0 bridgehead atoms. The molecule has 1 aliphatic rings. The van der Waals surface area contributed by atoms with E-state index in [1.165, 1.54) is 17.4 Å². The van der Waals surface area contributed by atoms with Crippen molar-refractivity contribution >= 4 is 32.6 Å². The number of amides is 1. The molecule has 0 aliphatic heterocycles. The molecule has 3 aromatic rings. The van der Waals surface area contributed by atoms with Gasteiger partial charge in [-0.25, -0.2) is 14.4 Å². The van der Waals surface area contributed by atoms with Crippen molar-refractivity contribution < 1.29 is 9.18 Å². The number of rotatable bonds is 2. The van der Waals surface area contributed by atoms with Crippen LogP contribution in [0.1, 0.15) is 30.1 Å². The van der Waals surface area contributed by atoms with Crippen LogP contribution in [0, 0.1) is 5.82 Å². The molecule has 1 aliphatic carbocycles. The van der Waals surface area contributed by atoms with Gasteiger partial charge in [0.1, 0.15) is 11.3 Å². The lowest BCUT2D eigenvalue weighted by Gasteiger charge is -2.20. The van der Waals surface area contributed by atoms with Gasteiger partial charge in [0.2, 0.25) is 5.91 Å². The van der Waals surface area contributed by atoms with E-state index in [4.69, 9.17) is 0 Å². The van der Waals surface area contributed by atoms with Crippen molar-refractivity contribution in [3.05, 3.63) is 41.7 Å². The van der Waals surface area contributed by atoms with Crippen molar-refractivity contribution in [2.24, 2.45) is 7.05 Å². The second-order valence-corrected chi connectivity index (χ2v) is 6.76. The summed E-state index contributed by atoms with van der Waals surface area (Å²) in [5.41, 5.74) is 2.27. The zero-order valence-electron chi connectivity index (χ0n) is 12.5. The zero-order valence-corrected chi connectivity index (χ0v) is 13.4. The van der Waals surface area contributed by atoms with Crippen molar-refractivity contribution in [1.29, 1.82) is 0 Å². The number of thiazole rings is 1. The smallest absolute Gasteiger partial charge is 0.235 e. The highest BCUT2D eigenvalue weighted by molar-refractivity contribution is 7.22. The summed E-state index contributed by atoms with van der Waals surface area (Å²) in [6.45, 7) is 0. The van der Waals surface area contributed by atoms with Crippen LogP contribution >= 0.6 is 11.3 Å². The van der Waals surface area contributed by atoms with Crippen molar-refractivity contribution in [1.82, 2.24) is 14.5 Å². The normalized spacial score (nSPS) is 17.2. The van der Waals surface area contributed by atoms with Gasteiger partial charge in [0.15, 0.2) is 5.13 Å². The largest absolute Gasteiger partial charge is 0.337 e. The first-order valence-corrected chi connectivity index (χ1v) is 8.31. The molecule has 1 atom stereocenters. The van der Waals surface area contributed by atoms with Crippen LogP contribution in [0.4, 0.5) is 9.52 Å². The standard InChI is InChI=1S/C16H15FN4OS/c1-21-8-18-13-9(4-2-6-11(13)21)15(22)20-16-19-14-10(17)5-3-7-12(14)23-16/h3,5,7-9H,2,4,6H2,1H3,(H,19,20,22). The maximum absolute atomic E-state index is 13.7. The lowest BCUT2D eigenvalue weighted by atomic mass is 9.89. The third-order valence-corrected chi connectivity index (χ3v) is 5.18. The zero-order chi connectivity index (χ0) is 16.0. The van der Waals surface area contributed by atoms with Gasteiger partial charge in [0, 0.05) is 12.7 Å². The number of nitrogens with one attached hydrogen (secondary N) is 1. The molecule has 0 saturated carbocycles. The monoisotopic (exact) mass is 330 g/mol. The molecular formula is C16H15FN4OS. The van der Waals surface area contributed by atoms with Gasteiger partial charge in [-0.3, -0.25) is 4.79 Å². The van der Waals surface area contributed by atoms with Crippen LogP contribution in [-0.4, -0.2) is 20.4 Å². The lowest BCUT2D eigenvalue weighted by molar-refractivity contribution is -0.118. The van der Waals surface area contributed by atoms with Gasteiger partial charge < -0.3 is 9.88 Å². The second-order valence-electron chi connectivity index (χ2n) is 5.73. The van der Waals surface area contributed by atoms with Crippen LogP contribution in [0.5, 0.6) is 0 Å². The number of imidazole rings is 1. The van der Waals surface area contributed by atoms with Crippen LogP contribution in [0.3, 0.4) is 0 Å². The first-order chi connectivity index (χ1) is 11.1. The Morgan fingerprint density at radius 3 is 3.17 bits per heavy atom. The number of aryl methyl sites for hydroxylation is 1. The van der Waals surface area contributed by atoms with Crippen molar-refractivity contribution in [3.63, 3.8) is 0 Å². The third-order valence-electron chi connectivity index (χ3n) is 4.24. The van der Waals surface area contributed by atoms with Crippen molar-refractivity contribution in [2.75, 3.05) is 5.32 Å². The molecule has 0 saturated heterocycles. The highest BCUT2D eigenvalue weighted by Gasteiger charge is 2.30. The number of nitrogens with zero attached hydrogens (tertiary/aromatic N) is 3. The van der Waals surface area contributed by atoms with E-state index >= 15 is 0 Å². The van der Waals surface area contributed by atoms with Crippen LogP contribution in [0.2, 0.25) is 0 Å². The Hall–Kier alpha value is -2.28. The Labute approximate surface area is 136 Å². The number of halogens is 1. The molecule has 4 rings (SSSR count). The minimum Gasteiger partial charge on any atom is -0.337 e. The number of hydrogen-bond acceptors (Lipinski definition) is 4. The summed E-state index contributed by atoms with van der Waals surface area (Å²) in [6, 6.07) is 4.81. The molecule has 2 aromatic heterocycles. The second kappa shape index (κ2) is 5.42. The molecule has 118 valence electrons. The molecule has 1 amide bonds. The van der Waals surface area contributed by atoms with Crippen LogP contribution in [0.25, 0.3) is 10.2 Å². The molecule has 0 spiro atoms. The molecule has 5 nitrogen and oxygen atoms in total. The number of carbonyl (C=O) groups excluding carboxylic acids is 1. The van der Waals surface area contributed by atoms with Crippen LogP contribution in [-0.2, 0) is 18.3 Å². The first-order valence-electron chi connectivity index (χ1n) is 7.49. The third kappa shape index (κ3) is 2.41. The van der Waals surface area contributed by atoms with Crippen LogP contribution in [0.15, 0.2) is 24.5 Å². The molecule has 1 N–H and O–H groups in total. The Morgan fingerprint density at radius 2 is 2.35 bits per heavy atom. The number of hydrogen-bond donors (Lipinski definition) is 1. The fourth-order valence-electron chi connectivity index (χ4n) is 3.10. The number of para-hydroxylation sites is 1. The highest BCUT2D eigenvalue weighted by Crippen LogP contribution is 2.33. The lowest BCUT2D eigenvalue weighted by Crippen LogP contribution is -2.25. The maximum atomic E-state index is 13.7. The summed E-state index contributed by atoms with van der Waals surface area (Å²) in [5.74, 6) is -0.759. The number of benzene rings is 1. The minimum atomic E-state index is -0.371. The highest BCUT2D eigenvalue weighted by atomic mass is 32.1. The Morgan fingerprint density at radius 1 is 1.48 bits per heavy atom. The van der Waals surface area contributed by atoms with Crippen molar-refractivity contribution in [3.8, 4) is 0 Å². The maximum Gasteiger partial charge on any atom is 0.235 e. The topological polar surface area (TPSA) is 59.8 Å². The average Bonchev–Trinajstić information content (AvgIpc) is 3.12. The molecule has 1 aromatic carbocycles. The molecule has 2 heterocycles. The van der Waals surface area contributed by atoms with E-state index in [0.717, 1.165) is 35.4 Å². The summed E-state index contributed by atoms with van der Waals surface area (Å²) in [5, 5.41) is 3.26. The van der Waals surface area contributed by atoms with E-state index < -0.39 is 0 Å². The molecule has 0 fully saturated rings. The minimum absolute atomic E-state index is 0.121. The molecular weight excluding hydrogens is 315 g/mol. The van der Waals surface area contributed by atoms with Gasteiger partial charge in [0.05, 0.1) is 22.6 Å². The number of fused-ring (bicyclic) bond motifs is 2. The predicted molar refractivity (Wildman–Crippen MR) is 87.1 cm³/mol. The van der Waals surface area contributed by atoms with Gasteiger partial charge >= 0.3 is 0 Å². The van der Waals surface area contributed by atoms with Gasteiger partial charge in [0.25, 0.3) is 0 Å². The Balaban J connectivity index is 1.61. The molecule has 7 heteroatoms. The number of aromatic nitrogens is 3. The van der Waals surface area contributed by atoms with E-state index in [9.17, 15) is 9.18 Å². The van der Waals surface area contributed by atoms with E-state index in [0.29, 0.717) is 10.6 Å². The average molecular weight is 330 g/mol. The van der Waals surface area contributed by atoms with E-state index in [2.05, 4.69) is 15.3 Å². The SMILES string of the molecule is Cn1cnc2c1CCCC2C(=O)Nc1nc2c(F)cccc2s1. The molecule has 0 radical (unpaired) electrons. The molecule has 23 heavy (non-hydrogen) atoms. The van der Waals surface area contributed by atoms with Gasteiger partial charge in [-0.15, -0.1) is 0 Å². The fraction of sp³-hybridized carbons (Fsp3) is 0.312. The first kappa shape index (κ1) is 14.3. The summed E-state index contributed by atoms with van der Waals surface area (Å²) in [7, 11) is 1.95. The van der Waals surface area contributed by atoms with Crippen LogP contribution < -0.4 is 5.32 Å². The number of carbonyl (C=O) groups is 1. The van der Waals surface area contributed by atoms with Gasteiger partial charge in [-0.05, 0) is 31.4 Å². The summed E-state index contributed by atoms with van der Waals surface area (Å²) >= 11 is 1.28. The van der Waals surface area contributed by atoms with E-state index in [1.54, 1.807) is 18.5 Å².